The highest BCUT2D eigenvalue weighted by Crippen LogP contribution is 2.20. The third kappa shape index (κ3) is 7.52. The summed E-state index contributed by atoms with van der Waals surface area (Å²) in [5.41, 5.74) is 1.45. The summed E-state index contributed by atoms with van der Waals surface area (Å²) >= 11 is 5.58. The van der Waals surface area contributed by atoms with Gasteiger partial charge in [-0.25, -0.2) is 4.39 Å². The molecule has 154 valence electrons. The van der Waals surface area contributed by atoms with Crippen LogP contribution in [0.4, 0.5) is 4.39 Å². The maximum Gasteiger partial charge on any atom is 0.269 e. The monoisotopic (exact) mass is 421 g/mol. The molecule has 0 aliphatic heterocycles. The normalized spacial score (nSPS) is 10.3. The average Bonchev–Trinajstić information content (AvgIpc) is 2.69. The maximum atomic E-state index is 13.3. The number of hydrogen-bond donors (Lipinski definition) is 3. The van der Waals surface area contributed by atoms with Gasteiger partial charge in [0.05, 0.1) is 5.02 Å². The van der Waals surface area contributed by atoms with Gasteiger partial charge in [-0.3, -0.25) is 14.6 Å². The number of rotatable bonds is 10. The van der Waals surface area contributed by atoms with Crippen LogP contribution in [0.15, 0.2) is 48.8 Å². The standard InChI is InChI=1S/C20H21ClFN3O4/c1-13(25-19(27)12-29-15-2-3-16(21)17(22)11-15)4-7-24-20(28)18-10-14(6-9-26)5-8-23-18/h2-3,5,8,10-11,26H,1,4,6-7,9,12H2,(H,24,28)(H,25,27). The average molecular weight is 422 g/mol. The zero-order valence-electron chi connectivity index (χ0n) is 15.6. The molecule has 1 aromatic heterocycles. The van der Waals surface area contributed by atoms with E-state index < -0.39 is 11.7 Å². The fourth-order valence-electron chi connectivity index (χ4n) is 2.31. The second-order valence-electron chi connectivity index (χ2n) is 6.05. The molecule has 3 N–H and O–H groups in total. The molecule has 0 fully saturated rings. The number of ether oxygens (including phenoxy) is 1. The number of aliphatic hydroxyl groups excluding tert-OH is 1. The van der Waals surface area contributed by atoms with Crippen molar-refractivity contribution in [3.8, 4) is 5.75 Å². The molecular weight excluding hydrogens is 401 g/mol. The van der Waals surface area contributed by atoms with E-state index in [1.165, 1.54) is 18.3 Å². The third-order valence-electron chi connectivity index (χ3n) is 3.75. The number of carbonyl (C=O) groups excluding carboxylic acids is 2. The van der Waals surface area contributed by atoms with Gasteiger partial charge in [-0.1, -0.05) is 18.2 Å². The van der Waals surface area contributed by atoms with E-state index in [1.807, 2.05) is 0 Å². The zero-order valence-corrected chi connectivity index (χ0v) is 16.3. The molecule has 7 nitrogen and oxygen atoms in total. The van der Waals surface area contributed by atoms with Crippen molar-refractivity contribution in [3.63, 3.8) is 0 Å². The van der Waals surface area contributed by atoms with E-state index in [4.69, 9.17) is 21.4 Å². The van der Waals surface area contributed by atoms with E-state index >= 15 is 0 Å². The lowest BCUT2D eigenvalue weighted by Crippen LogP contribution is -2.31. The Morgan fingerprint density at radius 1 is 1.28 bits per heavy atom. The van der Waals surface area contributed by atoms with E-state index in [0.29, 0.717) is 18.5 Å². The van der Waals surface area contributed by atoms with Crippen molar-refractivity contribution >= 4 is 23.4 Å². The molecule has 2 amide bonds. The van der Waals surface area contributed by atoms with Gasteiger partial charge in [0.1, 0.15) is 17.3 Å². The highest BCUT2D eigenvalue weighted by molar-refractivity contribution is 6.30. The largest absolute Gasteiger partial charge is 0.484 e. The molecule has 9 heteroatoms. The second kappa shape index (κ2) is 11.1. The van der Waals surface area contributed by atoms with Crippen LogP contribution in [0.3, 0.4) is 0 Å². The zero-order chi connectivity index (χ0) is 21.2. The predicted molar refractivity (Wildman–Crippen MR) is 106 cm³/mol. The van der Waals surface area contributed by atoms with Gasteiger partial charge in [-0.15, -0.1) is 0 Å². The fraction of sp³-hybridized carbons (Fsp3) is 0.250. The molecule has 0 saturated heterocycles. The van der Waals surface area contributed by atoms with E-state index in [1.54, 1.807) is 12.1 Å². The first-order valence-corrected chi connectivity index (χ1v) is 9.16. The van der Waals surface area contributed by atoms with Gasteiger partial charge in [0.15, 0.2) is 6.61 Å². The minimum atomic E-state index is -0.638. The molecule has 0 unspecified atom stereocenters. The van der Waals surface area contributed by atoms with E-state index in [-0.39, 0.29) is 42.1 Å². The summed E-state index contributed by atoms with van der Waals surface area (Å²) < 4.78 is 18.5. The molecule has 0 aliphatic carbocycles. The summed E-state index contributed by atoms with van der Waals surface area (Å²) in [6, 6.07) is 7.21. The van der Waals surface area contributed by atoms with Crippen LogP contribution in [-0.4, -0.2) is 41.7 Å². The Kier molecular flexibility index (Phi) is 8.57. The van der Waals surface area contributed by atoms with Crippen molar-refractivity contribution in [2.75, 3.05) is 19.8 Å². The summed E-state index contributed by atoms with van der Waals surface area (Å²) in [6.45, 7) is 3.63. The molecule has 0 bridgehead atoms. The Morgan fingerprint density at radius 3 is 2.79 bits per heavy atom. The van der Waals surface area contributed by atoms with Gasteiger partial charge in [0, 0.05) is 37.5 Å². The first kappa shape index (κ1) is 22.3. The molecule has 1 aromatic carbocycles. The van der Waals surface area contributed by atoms with Crippen LogP contribution in [-0.2, 0) is 11.2 Å². The summed E-state index contributed by atoms with van der Waals surface area (Å²) in [5.74, 6) is -1.29. The lowest BCUT2D eigenvalue weighted by atomic mass is 10.1. The quantitative estimate of drug-likeness (QED) is 0.546. The smallest absolute Gasteiger partial charge is 0.269 e. The van der Waals surface area contributed by atoms with Gasteiger partial charge in [0.2, 0.25) is 0 Å². The third-order valence-corrected chi connectivity index (χ3v) is 4.05. The minimum absolute atomic E-state index is 0.0126. The number of aromatic nitrogens is 1. The highest BCUT2D eigenvalue weighted by Gasteiger charge is 2.09. The first-order chi connectivity index (χ1) is 13.9. The lowest BCUT2D eigenvalue weighted by molar-refractivity contribution is -0.122. The molecule has 0 saturated carbocycles. The highest BCUT2D eigenvalue weighted by atomic mass is 35.5. The van der Waals surface area contributed by atoms with E-state index in [0.717, 1.165) is 11.6 Å². The first-order valence-electron chi connectivity index (χ1n) is 8.78. The van der Waals surface area contributed by atoms with Gasteiger partial charge in [0.25, 0.3) is 11.8 Å². The summed E-state index contributed by atoms with van der Waals surface area (Å²) in [4.78, 5) is 28.0. The molecule has 0 aliphatic rings. The van der Waals surface area contributed by atoms with Crippen LogP contribution in [0.25, 0.3) is 0 Å². The van der Waals surface area contributed by atoms with Crippen LogP contribution in [0.5, 0.6) is 5.75 Å². The molecule has 1 heterocycles. The summed E-state index contributed by atoms with van der Waals surface area (Å²) in [5, 5.41) is 14.1. The topological polar surface area (TPSA) is 101 Å². The van der Waals surface area contributed by atoms with Gasteiger partial charge in [-0.2, -0.15) is 0 Å². The van der Waals surface area contributed by atoms with Crippen molar-refractivity contribution < 1.29 is 23.8 Å². The number of aliphatic hydroxyl groups is 1. The molecule has 0 atom stereocenters. The number of carbonyl (C=O) groups is 2. The lowest BCUT2D eigenvalue weighted by Gasteiger charge is -2.11. The Bertz CT molecular complexity index is 892. The van der Waals surface area contributed by atoms with Crippen LogP contribution in [0, 0.1) is 5.82 Å². The van der Waals surface area contributed by atoms with E-state index in [9.17, 15) is 14.0 Å². The number of nitrogens with zero attached hydrogens (tertiary/aromatic N) is 1. The number of nitrogens with one attached hydrogen (secondary N) is 2. The van der Waals surface area contributed by atoms with Gasteiger partial charge >= 0.3 is 0 Å². The molecule has 0 spiro atoms. The summed E-state index contributed by atoms with van der Waals surface area (Å²) in [6.07, 6.45) is 2.26. The number of halogens is 2. The molecule has 2 aromatic rings. The molecule has 2 rings (SSSR count). The van der Waals surface area contributed by atoms with Crippen molar-refractivity contribution in [3.05, 3.63) is 70.9 Å². The Labute approximate surface area is 172 Å². The van der Waals surface area contributed by atoms with Crippen molar-refractivity contribution in [2.45, 2.75) is 12.8 Å². The predicted octanol–water partition coefficient (Wildman–Crippen LogP) is 2.24. The molecular formula is C20H21ClFN3O4. The number of pyridine rings is 1. The van der Waals surface area contributed by atoms with Crippen molar-refractivity contribution in [1.82, 2.24) is 15.6 Å². The van der Waals surface area contributed by atoms with Crippen LogP contribution in [0.2, 0.25) is 5.02 Å². The van der Waals surface area contributed by atoms with Crippen LogP contribution in [0.1, 0.15) is 22.5 Å². The Morgan fingerprint density at radius 2 is 2.07 bits per heavy atom. The minimum Gasteiger partial charge on any atom is -0.484 e. The van der Waals surface area contributed by atoms with Crippen LogP contribution >= 0.6 is 11.6 Å². The SMILES string of the molecule is C=C(CCNC(=O)c1cc(CCO)ccn1)NC(=O)COc1ccc(Cl)c(F)c1. The Balaban J connectivity index is 1.70. The van der Waals surface area contributed by atoms with Gasteiger partial charge in [-0.05, 0) is 36.2 Å². The molecule has 29 heavy (non-hydrogen) atoms. The maximum absolute atomic E-state index is 13.3. The van der Waals surface area contributed by atoms with Crippen molar-refractivity contribution in [2.24, 2.45) is 0 Å². The molecule has 0 radical (unpaired) electrons. The fourth-order valence-corrected chi connectivity index (χ4v) is 2.43. The number of hydrogen-bond acceptors (Lipinski definition) is 5. The second-order valence-corrected chi connectivity index (χ2v) is 6.45. The number of amides is 2. The van der Waals surface area contributed by atoms with E-state index in [2.05, 4.69) is 22.2 Å². The number of benzene rings is 1. The Hall–Kier alpha value is -2.97. The van der Waals surface area contributed by atoms with Crippen LogP contribution < -0.4 is 15.4 Å². The summed E-state index contributed by atoms with van der Waals surface area (Å²) in [7, 11) is 0. The van der Waals surface area contributed by atoms with Gasteiger partial charge < -0.3 is 20.5 Å². The van der Waals surface area contributed by atoms with Crippen molar-refractivity contribution in [1.29, 1.82) is 0 Å².